The number of benzene rings is 2. The number of fused-ring (bicyclic) bond motifs is 1. The summed E-state index contributed by atoms with van der Waals surface area (Å²) in [6, 6.07) is 12.2. The Morgan fingerprint density at radius 2 is 1.97 bits per heavy atom. The summed E-state index contributed by atoms with van der Waals surface area (Å²) in [6.45, 7) is 2.96. The normalized spacial score (nSPS) is 16.9. The Kier molecular flexibility index (Phi) is 6.01. The van der Waals surface area contributed by atoms with Crippen molar-refractivity contribution in [3.8, 4) is 0 Å². The molecule has 0 saturated heterocycles. The van der Waals surface area contributed by atoms with E-state index in [2.05, 4.69) is 10.7 Å². The summed E-state index contributed by atoms with van der Waals surface area (Å²) in [5.74, 6) is -1.37. The summed E-state index contributed by atoms with van der Waals surface area (Å²) in [6.07, 6.45) is 2.14. The SMILES string of the molecule is C[C@@H](NC(=O)C[C@@H](O)C(=O)N1Cc2cccc(F)c2C1)c1ccc(N2C=CCN2)cc1. The molecule has 0 bridgehead atoms. The van der Waals surface area contributed by atoms with Crippen LogP contribution in [-0.4, -0.2) is 34.5 Å². The molecule has 0 aromatic heterocycles. The lowest BCUT2D eigenvalue weighted by Gasteiger charge is -2.21. The Morgan fingerprint density at radius 1 is 1.19 bits per heavy atom. The maximum absolute atomic E-state index is 13.9. The van der Waals surface area contributed by atoms with E-state index in [0.717, 1.165) is 23.4 Å². The Morgan fingerprint density at radius 3 is 2.65 bits per heavy atom. The minimum atomic E-state index is -1.47. The molecule has 0 fully saturated rings. The van der Waals surface area contributed by atoms with Crippen molar-refractivity contribution in [3.63, 3.8) is 0 Å². The molecule has 2 aromatic carbocycles. The van der Waals surface area contributed by atoms with Crippen molar-refractivity contribution in [2.75, 3.05) is 11.6 Å². The van der Waals surface area contributed by atoms with Gasteiger partial charge in [-0.1, -0.05) is 30.3 Å². The van der Waals surface area contributed by atoms with Crippen LogP contribution in [0.2, 0.25) is 0 Å². The van der Waals surface area contributed by atoms with Gasteiger partial charge in [-0.15, -0.1) is 0 Å². The molecule has 2 aromatic rings. The predicted octanol–water partition coefficient (Wildman–Crippen LogP) is 2.13. The van der Waals surface area contributed by atoms with E-state index in [4.69, 9.17) is 0 Å². The number of nitrogens with zero attached hydrogens (tertiary/aromatic N) is 2. The van der Waals surface area contributed by atoms with Crippen molar-refractivity contribution in [2.45, 2.75) is 38.6 Å². The number of nitrogens with one attached hydrogen (secondary N) is 2. The van der Waals surface area contributed by atoms with E-state index in [1.807, 2.05) is 48.5 Å². The summed E-state index contributed by atoms with van der Waals surface area (Å²) >= 11 is 0. The molecule has 3 N–H and O–H groups in total. The fourth-order valence-electron chi connectivity index (χ4n) is 3.86. The fourth-order valence-corrected chi connectivity index (χ4v) is 3.86. The Labute approximate surface area is 180 Å². The van der Waals surface area contributed by atoms with Gasteiger partial charge in [0.1, 0.15) is 11.9 Å². The third kappa shape index (κ3) is 4.60. The lowest BCUT2D eigenvalue weighted by molar-refractivity contribution is -0.144. The standard InChI is InChI=1S/C23H25FN4O3/c1-15(16-6-8-18(9-7-16)28-11-3-10-25-28)26-22(30)12-21(29)23(31)27-13-17-4-2-5-20(24)19(17)14-27/h2-9,11,15,21,25,29H,10,12-14H2,1H3,(H,26,30)/t15-,21-/m1/s1. The topological polar surface area (TPSA) is 84.9 Å². The second-order valence-electron chi connectivity index (χ2n) is 7.79. The number of anilines is 1. The number of halogens is 1. The van der Waals surface area contributed by atoms with Crippen LogP contribution in [0.1, 0.15) is 36.1 Å². The highest BCUT2D eigenvalue weighted by molar-refractivity contribution is 5.87. The first-order chi connectivity index (χ1) is 14.9. The number of amides is 2. The highest BCUT2D eigenvalue weighted by Gasteiger charge is 2.30. The van der Waals surface area contributed by atoms with Gasteiger partial charge in [-0.3, -0.25) is 14.6 Å². The maximum atomic E-state index is 13.9. The second kappa shape index (κ2) is 8.87. The van der Waals surface area contributed by atoms with E-state index in [1.54, 1.807) is 12.1 Å². The summed E-state index contributed by atoms with van der Waals surface area (Å²) < 4.78 is 13.9. The smallest absolute Gasteiger partial charge is 0.252 e. The lowest BCUT2D eigenvalue weighted by Crippen LogP contribution is -2.39. The van der Waals surface area contributed by atoms with Gasteiger partial charge in [-0.25, -0.2) is 9.82 Å². The van der Waals surface area contributed by atoms with Crippen LogP contribution in [0, 0.1) is 5.82 Å². The Hall–Kier alpha value is -3.23. The highest BCUT2D eigenvalue weighted by Crippen LogP contribution is 2.26. The number of aliphatic hydroxyl groups is 1. The average molecular weight is 424 g/mol. The largest absolute Gasteiger partial charge is 0.383 e. The first-order valence-corrected chi connectivity index (χ1v) is 10.2. The quantitative estimate of drug-likeness (QED) is 0.662. The monoisotopic (exact) mass is 424 g/mol. The molecule has 0 saturated carbocycles. The van der Waals surface area contributed by atoms with Crippen LogP contribution in [0.25, 0.3) is 0 Å². The Bertz CT molecular complexity index is 1010. The van der Waals surface area contributed by atoms with Crippen LogP contribution < -0.4 is 15.8 Å². The Balaban J connectivity index is 1.29. The summed E-state index contributed by atoms with van der Waals surface area (Å²) in [4.78, 5) is 26.3. The van der Waals surface area contributed by atoms with Crippen LogP contribution in [0.5, 0.6) is 0 Å². The van der Waals surface area contributed by atoms with Crippen LogP contribution in [-0.2, 0) is 22.7 Å². The number of hydrazine groups is 1. The molecule has 8 heteroatoms. The van der Waals surface area contributed by atoms with E-state index >= 15 is 0 Å². The molecular weight excluding hydrogens is 399 g/mol. The lowest BCUT2D eigenvalue weighted by atomic mass is 10.1. The molecule has 0 spiro atoms. The van der Waals surface area contributed by atoms with Gasteiger partial charge in [0.25, 0.3) is 5.91 Å². The maximum Gasteiger partial charge on any atom is 0.252 e. The number of hydrogen-bond acceptors (Lipinski definition) is 5. The molecule has 0 aliphatic carbocycles. The number of carbonyl (C=O) groups is 2. The number of carbonyl (C=O) groups excluding carboxylic acids is 2. The zero-order chi connectivity index (χ0) is 22.0. The van der Waals surface area contributed by atoms with Gasteiger partial charge in [0.05, 0.1) is 18.2 Å². The number of hydrogen-bond donors (Lipinski definition) is 3. The average Bonchev–Trinajstić information content (AvgIpc) is 3.44. The predicted molar refractivity (Wildman–Crippen MR) is 114 cm³/mol. The van der Waals surface area contributed by atoms with E-state index in [0.29, 0.717) is 5.56 Å². The number of rotatable bonds is 6. The molecule has 0 radical (unpaired) electrons. The zero-order valence-corrected chi connectivity index (χ0v) is 17.2. The summed E-state index contributed by atoms with van der Waals surface area (Å²) in [7, 11) is 0. The zero-order valence-electron chi connectivity index (χ0n) is 17.2. The number of aliphatic hydroxyl groups excluding tert-OH is 1. The van der Waals surface area contributed by atoms with Gasteiger partial charge in [0.15, 0.2) is 0 Å². The van der Waals surface area contributed by atoms with E-state index < -0.39 is 17.9 Å². The molecule has 2 atom stereocenters. The molecule has 2 aliphatic heterocycles. The van der Waals surface area contributed by atoms with Gasteiger partial charge in [0, 0.05) is 31.4 Å². The van der Waals surface area contributed by atoms with Crippen molar-refractivity contribution in [2.24, 2.45) is 0 Å². The molecule has 2 aliphatic rings. The minimum Gasteiger partial charge on any atom is -0.383 e. The van der Waals surface area contributed by atoms with Gasteiger partial charge >= 0.3 is 0 Å². The molecule has 2 amide bonds. The molecular formula is C23H25FN4O3. The van der Waals surface area contributed by atoms with Crippen molar-refractivity contribution < 1.29 is 19.1 Å². The third-order valence-corrected chi connectivity index (χ3v) is 5.58. The minimum absolute atomic E-state index is 0.101. The first kappa shape index (κ1) is 21.0. The summed E-state index contributed by atoms with van der Waals surface area (Å²) in [5, 5.41) is 15.0. The van der Waals surface area contributed by atoms with Gasteiger partial charge in [-0.05, 0) is 36.2 Å². The highest BCUT2D eigenvalue weighted by atomic mass is 19.1. The second-order valence-corrected chi connectivity index (χ2v) is 7.79. The van der Waals surface area contributed by atoms with Crippen molar-refractivity contribution in [1.29, 1.82) is 0 Å². The van der Waals surface area contributed by atoms with Crippen molar-refractivity contribution in [1.82, 2.24) is 15.6 Å². The molecule has 2 heterocycles. The fraction of sp³-hybridized carbons (Fsp3) is 0.304. The van der Waals surface area contributed by atoms with E-state index in [1.165, 1.54) is 11.0 Å². The van der Waals surface area contributed by atoms with Crippen LogP contribution in [0.15, 0.2) is 54.7 Å². The molecule has 7 nitrogen and oxygen atoms in total. The molecule has 4 rings (SSSR count). The van der Waals surface area contributed by atoms with E-state index in [9.17, 15) is 19.1 Å². The van der Waals surface area contributed by atoms with Crippen molar-refractivity contribution >= 4 is 17.5 Å². The first-order valence-electron chi connectivity index (χ1n) is 10.2. The third-order valence-electron chi connectivity index (χ3n) is 5.58. The van der Waals surface area contributed by atoms with Crippen LogP contribution >= 0.6 is 0 Å². The van der Waals surface area contributed by atoms with Gasteiger partial charge in [-0.2, -0.15) is 0 Å². The molecule has 162 valence electrons. The summed E-state index contributed by atoms with van der Waals surface area (Å²) in [5.41, 5.74) is 6.27. The van der Waals surface area contributed by atoms with Crippen LogP contribution in [0.4, 0.5) is 10.1 Å². The van der Waals surface area contributed by atoms with Gasteiger partial charge < -0.3 is 15.3 Å². The molecule has 31 heavy (non-hydrogen) atoms. The van der Waals surface area contributed by atoms with Crippen molar-refractivity contribution in [3.05, 3.63) is 77.2 Å². The molecule has 0 unspecified atom stereocenters. The van der Waals surface area contributed by atoms with Crippen LogP contribution in [0.3, 0.4) is 0 Å². The van der Waals surface area contributed by atoms with E-state index in [-0.39, 0.29) is 31.4 Å². The van der Waals surface area contributed by atoms with Gasteiger partial charge in [0.2, 0.25) is 5.91 Å².